The van der Waals surface area contributed by atoms with Crippen molar-refractivity contribution in [2.75, 3.05) is 6.54 Å². The number of aryl methyl sites for hydroxylation is 2. The molecule has 2 rings (SSSR count). The van der Waals surface area contributed by atoms with Crippen molar-refractivity contribution < 1.29 is 0 Å². The van der Waals surface area contributed by atoms with E-state index in [-0.39, 0.29) is 0 Å². The predicted octanol–water partition coefficient (Wildman–Crippen LogP) is 3.02. The topological polar surface area (TPSA) is 49.3 Å². The first kappa shape index (κ1) is 15.5. The molecule has 0 amide bonds. The summed E-state index contributed by atoms with van der Waals surface area (Å²) in [7, 11) is 0. The van der Waals surface area contributed by atoms with Crippen molar-refractivity contribution in [1.29, 1.82) is 0 Å². The summed E-state index contributed by atoms with van der Waals surface area (Å²) in [5.74, 6) is 0.826. The van der Waals surface area contributed by atoms with Crippen LogP contribution in [-0.4, -0.2) is 17.5 Å². The summed E-state index contributed by atoms with van der Waals surface area (Å²) in [6, 6.07) is 10.3. The Morgan fingerprint density at radius 2 is 2.05 bits per heavy atom. The minimum absolute atomic E-state index is 0.584. The molecule has 0 saturated heterocycles. The van der Waals surface area contributed by atoms with E-state index in [4.69, 9.17) is 0 Å². The minimum atomic E-state index is 0.584. The summed E-state index contributed by atoms with van der Waals surface area (Å²) in [6.45, 7) is 8.41. The SMILES string of the molecule is CCNC(=NCc1cccc(C)n1)NCc1ccc(C)s1. The van der Waals surface area contributed by atoms with Crippen LogP contribution in [0.15, 0.2) is 35.3 Å². The van der Waals surface area contributed by atoms with Gasteiger partial charge in [-0.1, -0.05) is 6.07 Å². The molecule has 2 aromatic rings. The normalized spacial score (nSPS) is 11.5. The van der Waals surface area contributed by atoms with Crippen molar-refractivity contribution in [3.8, 4) is 0 Å². The number of aliphatic imine (C=N–C) groups is 1. The average Bonchev–Trinajstić information content (AvgIpc) is 2.88. The molecule has 0 saturated carbocycles. The van der Waals surface area contributed by atoms with Gasteiger partial charge in [-0.15, -0.1) is 11.3 Å². The Morgan fingerprint density at radius 1 is 1.19 bits per heavy atom. The number of guanidine groups is 1. The minimum Gasteiger partial charge on any atom is -0.357 e. The standard InChI is InChI=1S/C16H22N4S/c1-4-17-16(19-11-15-9-8-13(3)21-15)18-10-14-7-5-6-12(2)20-14/h5-9H,4,10-11H2,1-3H3,(H2,17,18,19). The molecule has 2 N–H and O–H groups in total. The Kier molecular flexibility index (Phi) is 5.75. The van der Waals surface area contributed by atoms with Gasteiger partial charge in [-0.3, -0.25) is 4.98 Å². The number of nitrogens with one attached hydrogen (secondary N) is 2. The molecule has 112 valence electrons. The van der Waals surface area contributed by atoms with E-state index in [9.17, 15) is 0 Å². The zero-order valence-corrected chi connectivity index (χ0v) is 13.6. The lowest BCUT2D eigenvalue weighted by Crippen LogP contribution is -2.36. The van der Waals surface area contributed by atoms with E-state index < -0.39 is 0 Å². The molecule has 0 bridgehead atoms. The Morgan fingerprint density at radius 3 is 2.71 bits per heavy atom. The first-order chi connectivity index (χ1) is 10.2. The zero-order chi connectivity index (χ0) is 15.1. The first-order valence-corrected chi connectivity index (χ1v) is 7.99. The van der Waals surface area contributed by atoms with Crippen LogP contribution in [0.25, 0.3) is 0 Å². The molecule has 0 aliphatic rings. The van der Waals surface area contributed by atoms with Gasteiger partial charge in [0.25, 0.3) is 0 Å². The van der Waals surface area contributed by atoms with E-state index in [1.165, 1.54) is 9.75 Å². The molecule has 0 fully saturated rings. The van der Waals surface area contributed by atoms with E-state index in [0.717, 1.165) is 30.4 Å². The van der Waals surface area contributed by atoms with E-state index >= 15 is 0 Å². The summed E-state index contributed by atoms with van der Waals surface area (Å²) in [4.78, 5) is 11.7. The summed E-state index contributed by atoms with van der Waals surface area (Å²) in [5, 5.41) is 6.62. The fraction of sp³-hybridized carbons (Fsp3) is 0.375. The second-order valence-electron chi connectivity index (χ2n) is 4.83. The maximum atomic E-state index is 4.58. The smallest absolute Gasteiger partial charge is 0.191 e. The molecule has 0 aliphatic heterocycles. The lowest BCUT2D eigenvalue weighted by molar-refractivity contribution is 0.818. The van der Waals surface area contributed by atoms with E-state index in [0.29, 0.717) is 6.54 Å². The lowest BCUT2D eigenvalue weighted by atomic mass is 10.3. The molecule has 21 heavy (non-hydrogen) atoms. The molecule has 4 nitrogen and oxygen atoms in total. The van der Waals surface area contributed by atoms with Gasteiger partial charge in [0, 0.05) is 22.0 Å². The van der Waals surface area contributed by atoms with Crippen LogP contribution in [0.1, 0.15) is 28.1 Å². The molecule has 0 atom stereocenters. The number of thiophene rings is 1. The maximum absolute atomic E-state index is 4.58. The highest BCUT2D eigenvalue weighted by atomic mass is 32.1. The Hall–Kier alpha value is -1.88. The average molecular weight is 302 g/mol. The Balaban J connectivity index is 1.95. The van der Waals surface area contributed by atoms with Crippen LogP contribution in [0.4, 0.5) is 0 Å². The van der Waals surface area contributed by atoms with Crippen LogP contribution in [0.2, 0.25) is 0 Å². The largest absolute Gasteiger partial charge is 0.357 e. The number of pyridine rings is 1. The van der Waals surface area contributed by atoms with Crippen molar-refractivity contribution in [3.63, 3.8) is 0 Å². The molecule has 0 unspecified atom stereocenters. The fourth-order valence-corrected chi connectivity index (χ4v) is 2.77. The van der Waals surface area contributed by atoms with Crippen molar-refractivity contribution in [1.82, 2.24) is 15.6 Å². The molecule has 2 aromatic heterocycles. The lowest BCUT2D eigenvalue weighted by Gasteiger charge is -2.10. The summed E-state index contributed by atoms with van der Waals surface area (Å²) >= 11 is 1.81. The number of hydrogen-bond acceptors (Lipinski definition) is 3. The van der Waals surface area contributed by atoms with Gasteiger partial charge in [-0.05, 0) is 45.0 Å². The predicted molar refractivity (Wildman–Crippen MR) is 89.7 cm³/mol. The van der Waals surface area contributed by atoms with E-state index in [1.54, 1.807) is 11.3 Å². The van der Waals surface area contributed by atoms with Gasteiger partial charge in [0.2, 0.25) is 0 Å². The second-order valence-corrected chi connectivity index (χ2v) is 6.20. The number of aromatic nitrogens is 1. The van der Waals surface area contributed by atoms with E-state index in [2.05, 4.69) is 46.6 Å². The third kappa shape index (κ3) is 5.19. The molecule has 0 radical (unpaired) electrons. The van der Waals surface area contributed by atoms with Gasteiger partial charge in [0.15, 0.2) is 5.96 Å². The maximum Gasteiger partial charge on any atom is 0.191 e. The van der Waals surface area contributed by atoms with Gasteiger partial charge in [0.1, 0.15) is 0 Å². The third-order valence-electron chi connectivity index (χ3n) is 2.92. The van der Waals surface area contributed by atoms with Crippen LogP contribution in [0.5, 0.6) is 0 Å². The molecule has 2 heterocycles. The van der Waals surface area contributed by atoms with Crippen LogP contribution >= 0.6 is 11.3 Å². The highest BCUT2D eigenvalue weighted by Crippen LogP contribution is 2.14. The summed E-state index contributed by atoms with van der Waals surface area (Å²) in [6.07, 6.45) is 0. The van der Waals surface area contributed by atoms with Crippen molar-refractivity contribution in [3.05, 3.63) is 51.5 Å². The second kappa shape index (κ2) is 7.78. The monoisotopic (exact) mass is 302 g/mol. The Bertz CT molecular complexity index is 604. The van der Waals surface area contributed by atoms with Crippen LogP contribution in [0, 0.1) is 13.8 Å². The zero-order valence-electron chi connectivity index (χ0n) is 12.8. The molecule has 0 aliphatic carbocycles. The summed E-state index contributed by atoms with van der Waals surface area (Å²) in [5.41, 5.74) is 2.01. The van der Waals surface area contributed by atoms with Gasteiger partial charge < -0.3 is 10.6 Å². The van der Waals surface area contributed by atoms with Gasteiger partial charge in [-0.2, -0.15) is 0 Å². The first-order valence-electron chi connectivity index (χ1n) is 7.17. The fourth-order valence-electron chi connectivity index (χ4n) is 1.94. The third-order valence-corrected chi connectivity index (χ3v) is 3.92. The number of nitrogens with zero attached hydrogens (tertiary/aromatic N) is 2. The molecular weight excluding hydrogens is 280 g/mol. The molecule has 5 heteroatoms. The molecular formula is C16H22N4S. The van der Waals surface area contributed by atoms with Gasteiger partial charge in [0.05, 0.1) is 18.8 Å². The van der Waals surface area contributed by atoms with Crippen molar-refractivity contribution in [2.45, 2.75) is 33.9 Å². The van der Waals surface area contributed by atoms with Gasteiger partial charge in [-0.25, -0.2) is 4.99 Å². The van der Waals surface area contributed by atoms with Gasteiger partial charge >= 0.3 is 0 Å². The highest BCUT2D eigenvalue weighted by Gasteiger charge is 2.01. The number of hydrogen-bond donors (Lipinski definition) is 2. The number of rotatable bonds is 5. The van der Waals surface area contributed by atoms with E-state index in [1.807, 2.05) is 25.1 Å². The molecule has 0 spiro atoms. The van der Waals surface area contributed by atoms with Crippen LogP contribution in [0.3, 0.4) is 0 Å². The quantitative estimate of drug-likeness (QED) is 0.659. The molecule has 0 aromatic carbocycles. The Labute approximate surface area is 130 Å². The highest BCUT2D eigenvalue weighted by molar-refractivity contribution is 7.11. The van der Waals surface area contributed by atoms with Crippen LogP contribution in [-0.2, 0) is 13.1 Å². The van der Waals surface area contributed by atoms with Crippen LogP contribution < -0.4 is 10.6 Å². The van der Waals surface area contributed by atoms with Crippen molar-refractivity contribution >= 4 is 17.3 Å². The summed E-state index contributed by atoms with van der Waals surface area (Å²) < 4.78 is 0. The van der Waals surface area contributed by atoms with Crippen molar-refractivity contribution in [2.24, 2.45) is 4.99 Å².